The molecule has 1 fully saturated rings. The summed E-state index contributed by atoms with van der Waals surface area (Å²) >= 11 is 0. The molecule has 9 heteroatoms. The summed E-state index contributed by atoms with van der Waals surface area (Å²) in [5.41, 5.74) is 1.74. The molecule has 1 aromatic heterocycles. The van der Waals surface area contributed by atoms with Gasteiger partial charge in [-0.15, -0.1) is 0 Å². The van der Waals surface area contributed by atoms with Gasteiger partial charge in [-0.25, -0.2) is 13.4 Å². The highest BCUT2D eigenvalue weighted by Gasteiger charge is 2.29. The second-order valence-corrected chi connectivity index (χ2v) is 10.4. The van der Waals surface area contributed by atoms with Gasteiger partial charge in [0, 0.05) is 38.1 Å². The highest BCUT2D eigenvalue weighted by atomic mass is 32.2. The number of ether oxygens (including phenoxy) is 1. The van der Waals surface area contributed by atoms with E-state index >= 15 is 0 Å². The van der Waals surface area contributed by atoms with Crippen molar-refractivity contribution >= 4 is 15.9 Å². The fraction of sp³-hybridized carbons (Fsp3) is 0.360. The van der Waals surface area contributed by atoms with Gasteiger partial charge >= 0.3 is 0 Å². The molecule has 34 heavy (non-hydrogen) atoms. The van der Waals surface area contributed by atoms with Gasteiger partial charge in [0.15, 0.2) is 0 Å². The van der Waals surface area contributed by atoms with Gasteiger partial charge in [0.25, 0.3) is 5.91 Å². The number of aryl methyl sites for hydroxylation is 2. The van der Waals surface area contributed by atoms with Crippen molar-refractivity contribution < 1.29 is 17.9 Å². The van der Waals surface area contributed by atoms with E-state index in [2.05, 4.69) is 10.3 Å². The number of sulfonamides is 1. The van der Waals surface area contributed by atoms with Gasteiger partial charge in [-0.05, 0) is 55.2 Å². The van der Waals surface area contributed by atoms with Gasteiger partial charge in [0.1, 0.15) is 17.6 Å². The Morgan fingerprint density at radius 1 is 1.09 bits per heavy atom. The summed E-state index contributed by atoms with van der Waals surface area (Å²) in [6.45, 7) is 2.78. The first-order valence-electron chi connectivity index (χ1n) is 11.3. The number of hydrogen-bond acceptors (Lipinski definition) is 5. The van der Waals surface area contributed by atoms with Crippen LogP contribution in [0.1, 0.15) is 52.6 Å². The van der Waals surface area contributed by atoms with Crippen molar-refractivity contribution in [3.05, 3.63) is 77.4 Å². The number of nitrogens with one attached hydrogen (secondary N) is 1. The fourth-order valence-electron chi connectivity index (χ4n) is 4.23. The van der Waals surface area contributed by atoms with Crippen molar-refractivity contribution in [3.63, 3.8) is 0 Å². The Morgan fingerprint density at radius 2 is 1.79 bits per heavy atom. The van der Waals surface area contributed by atoms with Crippen LogP contribution in [-0.2, 0) is 17.1 Å². The normalized spacial score (nSPS) is 15.6. The maximum atomic E-state index is 13.3. The summed E-state index contributed by atoms with van der Waals surface area (Å²) in [5.74, 6) is 0.991. The molecule has 2 aromatic carbocycles. The van der Waals surface area contributed by atoms with Gasteiger partial charge in [-0.2, -0.15) is 4.31 Å². The van der Waals surface area contributed by atoms with Gasteiger partial charge < -0.3 is 14.6 Å². The van der Waals surface area contributed by atoms with E-state index in [-0.39, 0.29) is 16.4 Å². The Balaban J connectivity index is 1.65. The first-order valence-corrected chi connectivity index (χ1v) is 12.8. The second kappa shape index (κ2) is 9.99. The molecule has 0 unspecified atom stereocenters. The van der Waals surface area contributed by atoms with Gasteiger partial charge in [0.05, 0.1) is 12.0 Å². The summed E-state index contributed by atoms with van der Waals surface area (Å²) in [6, 6.07) is 11.7. The maximum Gasteiger partial charge on any atom is 0.252 e. The average molecular weight is 483 g/mol. The molecule has 0 aliphatic carbocycles. The third kappa shape index (κ3) is 4.85. The van der Waals surface area contributed by atoms with Crippen LogP contribution in [0.15, 0.2) is 59.8 Å². The Kier molecular flexibility index (Phi) is 7.04. The van der Waals surface area contributed by atoms with Crippen LogP contribution >= 0.6 is 0 Å². The van der Waals surface area contributed by atoms with Crippen LogP contribution in [0.4, 0.5) is 0 Å². The number of amides is 1. The molecule has 8 nitrogen and oxygen atoms in total. The number of rotatable bonds is 7. The van der Waals surface area contributed by atoms with Crippen molar-refractivity contribution in [1.82, 2.24) is 19.2 Å². The van der Waals surface area contributed by atoms with E-state index in [1.807, 2.05) is 42.1 Å². The average Bonchev–Trinajstić information content (AvgIpc) is 3.28. The molecule has 2 heterocycles. The minimum atomic E-state index is -3.66. The van der Waals surface area contributed by atoms with Gasteiger partial charge in [-0.3, -0.25) is 4.79 Å². The lowest BCUT2D eigenvalue weighted by atomic mass is 10.0. The molecule has 1 aliphatic rings. The predicted molar refractivity (Wildman–Crippen MR) is 129 cm³/mol. The fourth-order valence-corrected chi connectivity index (χ4v) is 5.99. The van der Waals surface area contributed by atoms with Gasteiger partial charge in [0.2, 0.25) is 10.0 Å². The van der Waals surface area contributed by atoms with Gasteiger partial charge in [-0.1, -0.05) is 24.6 Å². The molecule has 3 aromatic rings. The van der Waals surface area contributed by atoms with Crippen molar-refractivity contribution in [2.75, 3.05) is 20.2 Å². The summed E-state index contributed by atoms with van der Waals surface area (Å²) in [7, 11) is -0.206. The maximum absolute atomic E-state index is 13.3. The number of hydrogen-bond donors (Lipinski definition) is 1. The summed E-state index contributed by atoms with van der Waals surface area (Å²) in [5, 5.41) is 3.04. The molecule has 0 radical (unpaired) electrons. The Bertz CT molecular complexity index is 1260. The molecule has 1 amide bonds. The molecule has 180 valence electrons. The van der Waals surface area contributed by atoms with E-state index < -0.39 is 16.1 Å². The quantitative estimate of drug-likeness (QED) is 0.557. The Labute approximate surface area is 200 Å². The monoisotopic (exact) mass is 482 g/mol. The third-order valence-electron chi connectivity index (χ3n) is 6.22. The second-order valence-electron chi connectivity index (χ2n) is 8.52. The molecule has 4 rings (SSSR count). The van der Waals surface area contributed by atoms with E-state index in [4.69, 9.17) is 4.74 Å². The van der Waals surface area contributed by atoms with Crippen LogP contribution in [0, 0.1) is 6.92 Å². The van der Waals surface area contributed by atoms with Crippen LogP contribution in [-0.4, -0.2) is 48.4 Å². The number of carbonyl (C=O) groups excluding carboxylic acids is 1. The lowest BCUT2D eigenvalue weighted by molar-refractivity contribution is 0.0941. The number of nitrogens with zero attached hydrogens (tertiary/aromatic N) is 3. The lowest BCUT2D eigenvalue weighted by Gasteiger charge is -2.26. The van der Waals surface area contributed by atoms with E-state index in [0.717, 1.165) is 24.8 Å². The van der Waals surface area contributed by atoms with Crippen molar-refractivity contribution in [3.8, 4) is 5.75 Å². The smallest absolute Gasteiger partial charge is 0.252 e. The highest BCUT2D eigenvalue weighted by molar-refractivity contribution is 7.89. The summed E-state index contributed by atoms with van der Waals surface area (Å²) < 4.78 is 35.2. The highest BCUT2D eigenvalue weighted by Crippen LogP contribution is 2.26. The number of benzene rings is 2. The van der Waals surface area contributed by atoms with E-state index in [1.165, 1.54) is 10.4 Å². The van der Waals surface area contributed by atoms with E-state index in [9.17, 15) is 13.2 Å². The molecule has 1 aliphatic heterocycles. The number of methoxy groups -OCH3 is 1. The molecule has 0 spiro atoms. The van der Waals surface area contributed by atoms with Crippen LogP contribution in [0.3, 0.4) is 0 Å². The topological polar surface area (TPSA) is 93.5 Å². The molecule has 0 saturated carbocycles. The van der Waals surface area contributed by atoms with Crippen molar-refractivity contribution in [2.24, 2.45) is 7.05 Å². The van der Waals surface area contributed by atoms with Crippen LogP contribution < -0.4 is 10.1 Å². The minimum Gasteiger partial charge on any atom is -0.497 e. The number of carbonyl (C=O) groups is 1. The van der Waals surface area contributed by atoms with Crippen molar-refractivity contribution in [2.45, 2.75) is 37.1 Å². The molecular weight excluding hydrogens is 452 g/mol. The zero-order valence-corrected chi connectivity index (χ0v) is 20.5. The molecule has 1 N–H and O–H groups in total. The Hall–Kier alpha value is -3.17. The first kappa shape index (κ1) is 24.0. The van der Waals surface area contributed by atoms with Crippen molar-refractivity contribution in [1.29, 1.82) is 0 Å². The molecule has 0 bridgehead atoms. The lowest BCUT2D eigenvalue weighted by Crippen LogP contribution is -2.36. The third-order valence-corrected chi connectivity index (χ3v) is 8.27. The predicted octanol–water partition coefficient (Wildman–Crippen LogP) is 3.43. The summed E-state index contributed by atoms with van der Waals surface area (Å²) in [6.07, 6.45) is 6.23. The molecular formula is C25H30N4O4S. The summed E-state index contributed by atoms with van der Waals surface area (Å²) in [4.78, 5) is 18.0. The SMILES string of the molecule is COc1ccc([C@@H](NC(=O)c2ccc(C)c(S(=O)(=O)N3CCCCC3)c2)c2nccn2C)cc1. The zero-order chi connectivity index (χ0) is 24.3. The first-order chi connectivity index (χ1) is 16.3. The number of piperidine rings is 1. The Morgan fingerprint density at radius 3 is 2.41 bits per heavy atom. The van der Waals surface area contributed by atoms with Crippen LogP contribution in [0.2, 0.25) is 0 Å². The van der Waals surface area contributed by atoms with E-state index in [0.29, 0.717) is 30.2 Å². The molecule has 1 atom stereocenters. The zero-order valence-electron chi connectivity index (χ0n) is 19.7. The number of imidazole rings is 1. The largest absolute Gasteiger partial charge is 0.497 e. The molecule has 1 saturated heterocycles. The minimum absolute atomic E-state index is 0.181. The van der Waals surface area contributed by atoms with Crippen LogP contribution in [0.25, 0.3) is 0 Å². The standard InChI is InChI=1S/C25H30N4O4S/c1-18-7-8-20(17-22(18)34(31,32)29-14-5-4-6-15-29)25(30)27-23(24-26-13-16-28(24)2)19-9-11-21(33-3)12-10-19/h7-13,16-17,23H,4-6,14-15H2,1-3H3,(H,27,30)/t23-/m1/s1. The van der Waals surface area contributed by atoms with E-state index in [1.54, 1.807) is 32.4 Å². The number of aromatic nitrogens is 2. The van der Waals surface area contributed by atoms with Crippen LogP contribution in [0.5, 0.6) is 5.75 Å².